The molecule has 0 fully saturated rings. The van der Waals surface area contributed by atoms with E-state index in [1.807, 2.05) is 12.1 Å². The van der Waals surface area contributed by atoms with Crippen LogP contribution in [-0.4, -0.2) is 19.2 Å². The van der Waals surface area contributed by atoms with Crippen LogP contribution in [0.1, 0.15) is 26.7 Å². The van der Waals surface area contributed by atoms with E-state index in [4.69, 9.17) is 27.9 Å². The highest BCUT2D eigenvalue weighted by Crippen LogP contribution is 2.31. The van der Waals surface area contributed by atoms with E-state index in [2.05, 4.69) is 19.2 Å². The Kier molecular flexibility index (Phi) is 6.71. The molecule has 1 aromatic rings. The molecule has 0 radical (unpaired) electrons. The number of hydrogen-bond donors (Lipinski definition) is 1. The minimum Gasteiger partial charge on any atom is -0.491 e. The van der Waals surface area contributed by atoms with Crippen LogP contribution in [0.15, 0.2) is 18.2 Å². The molecule has 1 rings (SSSR count). The van der Waals surface area contributed by atoms with Crippen molar-refractivity contribution >= 4 is 23.2 Å². The molecule has 0 heterocycles. The molecule has 0 aromatic heterocycles. The summed E-state index contributed by atoms with van der Waals surface area (Å²) in [6, 6.07) is 5.97. The fourth-order valence-electron chi connectivity index (χ4n) is 1.60. The van der Waals surface area contributed by atoms with Crippen LogP contribution < -0.4 is 10.1 Å². The summed E-state index contributed by atoms with van der Waals surface area (Å²) in [7, 11) is 0. The van der Waals surface area contributed by atoms with E-state index in [0.717, 1.165) is 19.4 Å². The van der Waals surface area contributed by atoms with E-state index in [9.17, 15) is 0 Å². The Balaban J connectivity index is 2.33. The first kappa shape index (κ1) is 14.6. The maximum atomic E-state index is 6.01. The number of halogens is 2. The van der Waals surface area contributed by atoms with Gasteiger partial charge in [-0.05, 0) is 25.0 Å². The lowest BCUT2D eigenvalue weighted by Gasteiger charge is -2.15. The number of ether oxygens (including phenoxy) is 1. The summed E-state index contributed by atoms with van der Waals surface area (Å²) in [6.45, 7) is 5.76. The van der Waals surface area contributed by atoms with Gasteiger partial charge in [0, 0.05) is 12.6 Å². The summed E-state index contributed by atoms with van der Waals surface area (Å²) >= 11 is 11.9. The third-order valence-electron chi connectivity index (χ3n) is 2.69. The van der Waals surface area contributed by atoms with Crippen LogP contribution in [0, 0.1) is 0 Å². The van der Waals surface area contributed by atoms with Gasteiger partial charge in [0.1, 0.15) is 17.4 Å². The molecule has 0 amide bonds. The normalized spacial score (nSPS) is 10.9. The van der Waals surface area contributed by atoms with Gasteiger partial charge in [-0.15, -0.1) is 0 Å². The second kappa shape index (κ2) is 7.80. The molecule has 0 saturated carbocycles. The Morgan fingerprint density at radius 2 is 1.94 bits per heavy atom. The van der Waals surface area contributed by atoms with Crippen LogP contribution in [0.2, 0.25) is 10.0 Å². The molecular formula is C13H19Cl2NO. The Morgan fingerprint density at radius 3 is 2.59 bits per heavy atom. The molecule has 1 aromatic carbocycles. The van der Waals surface area contributed by atoms with Crippen LogP contribution in [0.25, 0.3) is 0 Å². The fraction of sp³-hybridized carbons (Fsp3) is 0.538. The smallest absolute Gasteiger partial charge is 0.139 e. The monoisotopic (exact) mass is 275 g/mol. The van der Waals surface area contributed by atoms with Crippen LogP contribution in [0.3, 0.4) is 0 Å². The predicted octanol–water partition coefficient (Wildman–Crippen LogP) is 4.15. The summed E-state index contributed by atoms with van der Waals surface area (Å²) in [5.41, 5.74) is 0. The van der Waals surface area contributed by atoms with Gasteiger partial charge in [0.05, 0.1) is 5.02 Å². The van der Waals surface area contributed by atoms with Crippen LogP contribution in [0.4, 0.5) is 0 Å². The zero-order chi connectivity index (χ0) is 12.7. The van der Waals surface area contributed by atoms with Gasteiger partial charge in [-0.1, -0.05) is 43.1 Å². The van der Waals surface area contributed by atoms with Crippen molar-refractivity contribution in [1.82, 2.24) is 5.32 Å². The summed E-state index contributed by atoms with van der Waals surface area (Å²) in [5, 5.41) is 4.43. The first-order valence-corrected chi connectivity index (χ1v) is 6.74. The third kappa shape index (κ3) is 4.74. The van der Waals surface area contributed by atoms with Crippen LogP contribution in [-0.2, 0) is 0 Å². The molecule has 0 aliphatic carbocycles. The van der Waals surface area contributed by atoms with Crippen molar-refractivity contribution in [3.63, 3.8) is 0 Å². The molecule has 17 heavy (non-hydrogen) atoms. The van der Waals surface area contributed by atoms with Crippen molar-refractivity contribution in [1.29, 1.82) is 0 Å². The molecule has 0 aliphatic heterocycles. The Morgan fingerprint density at radius 1 is 1.24 bits per heavy atom. The first-order valence-electron chi connectivity index (χ1n) is 5.99. The van der Waals surface area contributed by atoms with Gasteiger partial charge >= 0.3 is 0 Å². The van der Waals surface area contributed by atoms with Gasteiger partial charge in [0.25, 0.3) is 0 Å². The Hall–Kier alpha value is -0.440. The largest absolute Gasteiger partial charge is 0.491 e. The average Bonchev–Trinajstić information content (AvgIpc) is 2.34. The number of nitrogens with one attached hydrogen (secondary N) is 1. The Labute approximate surface area is 113 Å². The molecular weight excluding hydrogens is 257 g/mol. The SMILES string of the molecule is CCC(CC)NCCOc1cccc(Cl)c1Cl. The lowest BCUT2D eigenvalue weighted by atomic mass is 10.2. The fourth-order valence-corrected chi connectivity index (χ4v) is 1.94. The van der Waals surface area contributed by atoms with E-state index in [0.29, 0.717) is 28.4 Å². The van der Waals surface area contributed by atoms with Crippen molar-refractivity contribution in [2.45, 2.75) is 32.7 Å². The number of hydrogen-bond acceptors (Lipinski definition) is 2. The highest BCUT2D eigenvalue weighted by atomic mass is 35.5. The van der Waals surface area contributed by atoms with E-state index in [1.54, 1.807) is 6.07 Å². The first-order chi connectivity index (χ1) is 8.19. The standard InChI is InChI=1S/C13H19Cl2NO/c1-3-10(4-2)16-8-9-17-12-7-5-6-11(14)13(12)15/h5-7,10,16H,3-4,8-9H2,1-2H3. The van der Waals surface area contributed by atoms with E-state index in [1.165, 1.54) is 0 Å². The van der Waals surface area contributed by atoms with Gasteiger partial charge in [-0.3, -0.25) is 0 Å². The molecule has 0 bridgehead atoms. The molecule has 0 atom stereocenters. The quantitative estimate of drug-likeness (QED) is 0.755. The second-order valence-electron chi connectivity index (χ2n) is 3.87. The number of rotatable bonds is 7. The number of benzene rings is 1. The molecule has 96 valence electrons. The lowest BCUT2D eigenvalue weighted by Crippen LogP contribution is -2.31. The van der Waals surface area contributed by atoms with Gasteiger partial charge in [-0.25, -0.2) is 0 Å². The lowest BCUT2D eigenvalue weighted by molar-refractivity contribution is 0.302. The average molecular weight is 276 g/mol. The minimum atomic E-state index is 0.483. The van der Waals surface area contributed by atoms with Crippen molar-refractivity contribution < 1.29 is 4.74 Å². The molecule has 0 unspecified atom stereocenters. The van der Waals surface area contributed by atoms with Gasteiger partial charge in [0.2, 0.25) is 0 Å². The summed E-state index contributed by atoms with van der Waals surface area (Å²) in [6.07, 6.45) is 2.27. The summed E-state index contributed by atoms with van der Waals surface area (Å²) in [5.74, 6) is 0.644. The molecule has 1 N–H and O–H groups in total. The topological polar surface area (TPSA) is 21.3 Å². The maximum Gasteiger partial charge on any atom is 0.139 e. The second-order valence-corrected chi connectivity index (χ2v) is 4.65. The zero-order valence-corrected chi connectivity index (χ0v) is 11.8. The van der Waals surface area contributed by atoms with E-state index < -0.39 is 0 Å². The van der Waals surface area contributed by atoms with Crippen molar-refractivity contribution in [3.8, 4) is 5.75 Å². The van der Waals surface area contributed by atoms with Gasteiger partial charge in [-0.2, -0.15) is 0 Å². The van der Waals surface area contributed by atoms with E-state index in [-0.39, 0.29) is 0 Å². The zero-order valence-electron chi connectivity index (χ0n) is 10.3. The van der Waals surface area contributed by atoms with Crippen LogP contribution >= 0.6 is 23.2 Å². The molecule has 0 spiro atoms. The molecule has 2 nitrogen and oxygen atoms in total. The predicted molar refractivity (Wildman–Crippen MR) is 74.3 cm³/mol. The molecule has 4 heteroatoms. The molecule has 0 saturated heterocycles. The van der Waals surface area contributed by atoms with E-state index >= 15 is 0 Å². The summed E-state index contributed by atoms with van der Waals surface area (Å²) < 4.78 is 5.58. The van der Waals surface area contributed by atoms with Gasteiger partial charge < -0.3 is 10.1 Å². The third-order valence-corrected chi connectivity index (χ3v) is 3.50. The van der Waals surface area contributed by atoms with Crippen molar-refractivity contribution in [2.24, 2.45) is 0 Å². The van der Waals surface area contributed by atoms with Crippen molar-refractivity contribution in [3.05, 3.63) is 28.2 Å². The van der Waals surface area contributed by atoms with Gasteiger partial charge in [0.15, 0.2) is 0 Å². The minimum absolute atomic E-state index is 0.483. The highest BCUT2D eigenvalue weighted by Gasteiger charge is 2.05. The van der Waals surface area contributed by atoms with Crippen LogP contribution in [0.5, 0.6) is 5.75 Å². The summed E-state index contributed by atoms with van der Waals surface area (Å²) in [4.78, 5) is 0. The maximum absolute atomic E-state index is 6.01. The molecule has 0 aliphatic rings. The van der Waals surface area contributed by atoms with Crippen molar-refractivity contribution in [2.75, 3.05) is 13.2 Å². The highest BCUT2D eigenvalue weighted by molar-refractivity contribution is 6.42. The Bertz CT molecular complexity index is 340.